The van der Waals surface area contributed by atoms with E-state index in [1.807, 2.05) is 49.5 Å². The lowest BCUT2D eigenvalue weighted by Gasteiger charge is -2.15. The van der Waals surface area contributed by atoms with Crippen molar-refractivity contribution < 1.29 is 9.84 Å². The van der Waals surface area contributed by atoms with Crippen molar-refractivity contribution in [1.29, 1.82) is 0 Å². The molecule has 0 spiro atoms. The number of hydrogen-bond donors (Lipinski definition) is 2. The van der Waals surface area contributed by atoms with Crippen LogP contribution in [0.2, 0.25) is 0 Å². The highest BCUT2D eigenvalue weighted by Gasteiger charge is 2.09. The molecule has 0 heterocycles. The second kappa shape index (κ2) is 6.88. The van der Waals surface area contributed by atoms with Gasteiger partial charge in [0.2, 0.25) is 0 Å². The molecule has 2 rings (SSSR count). The SMILES string of the molecule is CNC(C)c1ccc(Oc2ccccc2CO)cc1Br. The van der Waals surface area contributed by atoms with Gasteiger partial charge in [-0.25, -0.2) is 0 Å². The fraction of sp³-hybridized carbons (Fsp3) is 0.250. The third-order valence-corrected chi connectivity index (χ3v) is 3.93. The van der Waals surface area contributed by atoms with E-state index >= 15 is 0 Å². The van der Waals surface area contributed by atoms with Crippen LogP contribution < -0.4 is 10.1 Å². The summed E-state index contributed by atoms with van der Waals surface area (Å²) >= 11 is 3.57. The number of halogens is 1. The number of nitrogens with one attached hydrogen (secondary N) is 1. The summed E-state index contributed by atoms with van der Waals surface area (Å²) in [5.41, 5.74) is 1.95. The Morgan fingerprint density at radius 3 is 2.65 bits per heavy atom. The fourth-order valence-electron chi connectivity index (χ4n) is 1.94. The van der Waals surface area contributed by atoms with E-state index in [1.165, 1.54) is 5.56 Å². The molecule has 0 aliphatic rings. The van der Waals surface area contributed by atoms with Crippen molar-refractivity contribution in [3.05, 3.63) is 58.1 Å². The van der Waals surface area contributed by atoms with Crippen LogP contribution in [0.15, 0.2) is 46.9 Å². The van der Waals surface area contributed by atoms with Crippen molar-refractivity contribution in [2.75, 3.05) is 7.05 Å². The maximum absolute atomic E-state index is 9.30. The summed E-state index contributed by atoms with van der Waals surface area (Å²) in [7, 11) is 1.93. The number of rotatable bonds is 5. The van der Waals surface area contributed by atoms with Crippen molar-refractivity contribution in [1.82, 2.24) is 5.32 Å². The molecular formula is C16H18BrNO2. The summed E-state index contributed by atoms with van der Waals surface area (Å²) in [6, 6.07) is 13.6. The van der Waals surface area contributed by atoms with Crippen molar-refractivity contribution in [3.63, 3.8) is 0 Å². The zero-order valence-electron chi connectivity index (χ0n) is 11.6. The summed E-state index contributed by atoms with van der Waals surface area (Å²) in [5, 5.41) is 12.5. The van der Waals surface area contributed by atoms with Gasteiger partial charge in [0.05, 0.1) is 6.61 Å². The molecule has 0 amide bonds. The second-order valence-electron chi connectivity index (χ2n) is 4.56. The average Bonchev–Trinajstić information content (AvgIpc) is 2.47. The van der Waals surface area contributed by atoms with Crippen LogP contribution in [0.1, 0.15) is 24.1 Å². The monoisotopic (exact) mass is 335 g/mol. The molecule has 0 radical (unpaired) electrons. The molecule has 0 fully saturated rings. The molecule has 0 aliphatic heterocycles. The van der Waals surface area contributed by atoms with E-state index in [1.54, 1.807) is 0 Å². The number of para-hydroxylation sites is 1. The van der Waals surface area contributed by atoms with Gasteiger partial charge >= 0.3 is 0 Å². The molecule has 2 aromatic carbocycles. The molecule has 3 nitrogen and oxygen atoms in total. The van der Waals surface area contributed by atoms with Crippen LogP contribution in [0.5, 0.6) is 11.5 Å². The Hall–Kier alpha value is -1.36. The highest BCUT2D eigenvalue weighted by atomic mass is 79.9. The highest BCUT2D eigenvalue weighted by Crippen LogP contribution is 2.31. The van der Waals surface area contributed by atoms with E-state index in [2.05, 4.69) is 28.2 Å². The maximum atomic E-state index is 9.30. The summed E-state index contributed by atoms with van der Waals surface area (Å²) < 4.78 is 6.84. The normalized spacial score (nSPS) is 12.2. The Bertz CT molecular complexity index is 586. The number of hydrogen-bond acceptors (Lipinski definition) is 3. The first-order valence-electron chi connectivity index (χ1n) is 6.49. The first-order chi connectivity index (χ1) is 9.65. The van der Waals surface area contributed by atoms with Crippen LogP contribution in [0, 0.1) is 0 Å². The van der Waals surface area contributed by atoms with Crippen LogP contribution >= 0.6 is 15.9 Å². The molecule has 2 N–H and O–H groups in total. The predicted molar refractivity (Wildman–Crippen MR) is 84.1 cm³/mol. The quantitative estimate of drug-likeness (QED) is 0.867. The van der Waals surface area contributed by atoms with Gasteiger partial charge < -0.3 is 15.2 Å². The van der Waals surface area contributed by atoms with Crippen LogP contribution in [-0.4, -0.2) is 12.2 Å². The highest BCUT2D eigenvalue weighted by molar-refractivity contribution is 9.10. The van der Waals surface area contributed by atoms with Gasteiger partial charge in [0.1, 0.15) is 11.5 Å². The lowest BCUT2D eigenvalue weighted by atomic mass is 10.1. The maximum Gasteiger partial charge on any atom is 0.132 e. The third-order valence-electron chi connectivity index (χ3n) is 3.24. The van der Waals surface area contributed by atoms with Crippen molar-refractivity contribution >= 4 is 15.9 Å². The molecule has 0 bridgehead atoms. The Morgan fingerprint density at radius 1 is 1.25 bits per heavy atom. The Labute approximate surface area is 127 Å². The third kappa shape index (κ3) is 3.39. The molecular weight excluding hydrogens is 318 g/mol. The fourth-order valence-corrected chi connectivity index (χ4v) is 2.64. The van der Waals surface area contributed by atoms with Gasteiger partial charge in [0, 0.05) is 16.1 Å². The summed E-state index contributed by atoms with van der Waals surface area (Å²) in [6.45, 7) is 2.06. The molecule has 0 saturated carbocycles. The van der Waals surface area contributed by atoms with E-state index in [9.17, 15) is 5.11 Å². The van der Waals surface area contributed by atoms with Crippen LogP contribution in [-0.2, 0) is 6.61 Å². The molecule has 1 atom stereocenters. The summed E-state index contributed by atoms with van der Waals surface area (Å²) in [5.74, 6) is 1.42. The molecule has 4 heteroatoms. The topological polar surface area (TPSA) is 41.5 Å². The van der Waals surface area contributed by atoms with Crippen LogP contribution in [0.3, 0.4) is 0 Å². The molecule has 20 heavy (non-hydrogen) atoms. The Balaban J connectivity index is 2.24. The molecule has 2 aromatic rings. The second-order valence-corrected chi connectivity index (χ2v) is 5.42. The molecule has 1 unspecified atom stereocenters. The largest absolute Gasteiger partial charge is 0.457 e. The van der Waals surface area contributed by atoms with Gasteiger partial charge in [0.15, 0.2) is 0 Å². The molecule has 0 saturated heterocycles. The van der Waals surface area contributed by atoms with Crippen LogP contribution in [0.25, 0.3) is 0 Å². The Kier molecular flexibility index (Phi) is 5.17. The van der Waals surface area contributed by atoms with E-state index in [4.69, 9.17) is 4.74 Å². The molecule has 106 valence electrons. The number of benzene rings is 2. The predicted octanol–water partition coefficient (Wildman–Crippen LogP) is 4.01. The van der Waals surface area contributed by atoms with Gasteiger partial charge in [-0.1, -0.05) is 40.2 Å². The number of ether oxygens (including phenoxy) is 1. The molecule has 0 aromatic heterocycles. The minimum atomic E-state index is -0.0355. The van der Waals surface area contributed by atoms with Gasteiger partial charge in [0.25, 0.3) is 0 Å². The zero-order chi connectivity index (χ0) is 14.5. The lowest BCUT2D eigenvalue weighted by molar-refractivity contribution is 0.276. The average molecular weight is 336 g/mol. The van der Waals surface area contributed by atoms with E-state index in [-0.39, 0.29) is 12.6 Å². The van der Waals surface area contributed by atoms with E-state index in [0.29, 0.717) is 5.75 Å². The minimum Gasteiger partial charge on any atom is -0.457 e. The zero-order valence-corrected chi connectivity index (χ0v) is 13.1. The first-order valence-corrected chi connectivity index (χ1v) is 7.28. The minimum absolute atomic E-state index is 0.0355. The smallest absolute Gasteiger partial charge is 0.132 e. The van der Waals surface area contributed by atoms with Gasteiger partial charge in [-0.3, -0.25) is 0 Å². The summed E-state index contributed by atoms with van der Waals surface area (Å²) in [6.07, 6.45) is 0. The number of aliphatic hydroxyl groups excluding tert-OH is 1. The standard InChI is InChI=1S/C16H18BrNO2/c1-11(18-2)14-8-7-13(9-15(14)17)20-16-6-4-3-5-12(16)10-19/h3-9,11,18-19H,10H2,1-2H3. The van der Waals surface area contributed by atoms with Gasteiger partial charge in [-0.2, -0.15) is 0 Å². The van der Waals surface area contributed by atoms with Gasteiger partial charge in [-0.05, 0) is 37.7 Å². The van der Waals surface area contributed by atoms with Crippen LogP contribution in [0.4, 0.5) is 0 Å². The van der Waals surface area contributed by atoms with Crippen molar-refractivity contribution in [2.45, 2.75) is 19.6 Å². The lowest BCUT2D eigenvalue weighted by Crippen LogP contribution is -2.12. The molecule has 0 aliphatic carbocycles. The first kappa shape index (κ1) is 15.0. The van der Waals surface area contributed by atoms with E-state index < -0.39 is 0 Å². The van der Waals surface area contributed by atoms with Crippen molar-refractivity contribution in [2.24, 2.45) is 0 Å². The van der Waals surface area contributed by atoms with Gasteiger partial charge in [-0.15, -0.1) is 0 Å². The van der Waals surface area contributed by atoms with E-state index in [0.717, 1.165) is 15.8 Å². The number of aliphatic hydroxyl groups is 1. The van der Waals surface area contributed by atoms with Crippen molar-refractivity contribution in [3.8, 4) is 11.5 Å². The summed E-state index contributed by atoms with van der Waals surface area (Å²) in [4.78, 5) is 0. The Morgan fingerprint density at radius 2 is 2.00 bits per heavy atom.